The number of ether oxygens (including phenoxy) is 1. The van der Waals surface area contributed by atoms with Gasteiger partial charge < -0.3 is 24.6 Å². The number of benzene rings is 2. The molecule has 0 amide bonds. The Morgan fingerprint density at radius 3 is 2.46 bits per heavy atom. The number of nitrogens with one attached hydrogen (secondary N) is 2. The Bertz CT molecular complexity index is 1170. The molecule has 186 valence electrons. The van der Waals surface area contributed by atoms with Gasteiger partial charge in [0.05, 0.1) is 38.3 Å². The van der Waals surface area contributed by atoms with Crippen molar-refractivity contribution in [2.24, 2.45) is 5.92 Å². The first-order valence-electron chi connectivity index (χ1n) is 13.2. The van der Waals surface area contributed by atoms with Crippen LogP contribution in [0.1, 0.15) is 36.8 Å². The highest BCUT2D eigenvalue weighted by Crippen LogP contribution is 2.33. The minimum Gasteiger partial charge on any atom is -0.506 e. The van der Waals surface area contributed by atoms with Gasteiger partial charge in [-0.3, -0.25) is 4.79 Å². The van der Waals surface area contributed by atoms with Crippen LogP contribution in [0.4, 0.5) is 0 Å². The van der Waals surface area contributed by atoms with Crippen LogP contribution in [0, 0.1) is 5.92 Å². The van der Waals surface area contributed by atoms with Crippen molar-refractivity contribution in [3.63, 3.8) is 0 Å². The summed E-state index contributed by atoms with van der Waals surface area (Å²) in [6.07, 6.45) is 7.25. The topological polar surface area (TPSA) is 74.3 Å². The highest BCUT2D eigenvalue weighted by atomic mass is 16.5. The number of nitrogens with zero attached hydrogens (tertiary/aromatic N) is 1. The van der Waals surface area contributed by atoms with Gasteiger partial charge in [-0.25, -0.2) is 0 Å². The molecule has 4 heterocycles. The zero-order valence-electron chi connectivity index (χ0n) is 20.6. The fraction of sp³-hybridized carbons (Fsp3) is 0.483. The number of phenolic OH excluding ortho intramolecular Hbond substituents is 1. The number of hydrogen-bond donors (Lipinski definition) is 3. The van der Waals surface area contributed by atoms with Crippen LogP contribution in [0.25, 0.3) is 10.9 Å². The van der Waals surface area contributed by atoms with Crippen molar-refractivity contribution < 1.29 is 14.3 Å². The fourth-order valence-electron chi connectivity index (χ4n) is 5.91. The third-order valence-electron chi connectivity index (χ3n) is 8.13. The fourth-order valence-corrected chi connectivity index (χ4v) is 5.91. The molecule has 1 aromatic heterocycles. The lowest BCUT2D eigenvalue weighted by molar-refractivity contribution is -0.942. The first-order chi connectivity index (χ1) is 17.1. The van der Waals surface area contributed by atoms with Crippen LogP contribution in [0.3, 0.4) is 0 Å². The van der Waals surface area contributed by atoms with E-state index in [0.29, 0.717) is 5.52 Å². The number of phenols is 1. The first-order valence-corrected chi connectivity index (χ1v) is 13.2. The number of quaternary nitrogens is 1. The molecule has 0 radical (unpaired) electrons. The molecule has 0 spiro atoms. The first kappa shape index (κ1) is 23.9. The van der Waals surface area contributed by atoms with E-state index in [1.807, 2.05) is 6.07 Å². The summed E-state index contributed by atoms with van der Waals surface area (Å²) >= 11 is 0. The number of aromatic hydroxyl groups is 1. The largest absolute Gasteiger partial charge is 0.506 e. The molecule has 6 nitrogen and oxygen atoms in total. The van der Waals surface area contributed by atoms with Crippen molar-refractivity contribution in [2.75, 3.05) is 45.9 Å². The molecular formula is C29H38N3O3+. The Hall–Kier alpha value is -2.83. The third-order valence-corrected chi connectivity index (χ3v) is 8.13. The van der Waals surface area contributed by atoms with Crippen LogP contribution >= 0.6 is 0 Å². The summed E-state index contributed by atoms with van der Waals surface area (Å²) < 4.78 is 7.37. The van der Waals surface area contributed by atoms with Gasteiger partial charge in [-0.05, 0) is 86.5 Å². The highest BCUT2D eigenvalue weighted by molar-refractivity contribution is 5.87. The van der Waals surface area contributed by atoms with E-state index >= 15 is 0 Å². The number of piperidine rings is 3. The van der Waals surface area contributed by atoms with Gasteiger partial charge in [0, 0.05) is 17.9 Å². The van der Waals surface area contributed by atoms with E-state index in [1.54, 1.807) is 12.1 Å². The summed E-state index contributed by atoms with van der Waals surface area (Å²) in [6, 6.07) is 15.4. The summed E-state index contributed by atoms with van der Waals surface area (Å²) in [5.41, 5.74) is 2.71. The summed E-state index contributed by atoms with van der Waals surface area (Å²) in [4.78, 5) is 14.3. The summed E-state index contributed by atoms with van der Waals surface area (Å²) in [7, 11) is 0. The van der Waals surface area contributed by atoms with Crippen LogP contribution in [0.2, 0.25) is 0 Å². The molecule has 0 aliphatic carbocycles. The Morgan fingerprint density at radius 2 is 1.69 bits per heavy atom. The number of pyridine rings is 1. The van der Waals surface area contributed by atoms with Crippen LogP contribution in [-0.2, 0) is 12.8 Å². The maximum atomic E-state index is 11.6. The van der Waals surface area contributed by atoms with Crippen LogP contribution in [-0.4, -0.2) is 60.4 Å². The average Bonchev–Trinajstić information content (AvgIpc) is 2.90. The van der Waals surface area contributed by atoms with Gasteiger partial charge in [0.2, 0.25) is 5.56 Å². The maximum absolute atomic E-state index is 11.6. The van der Waals surface area contributed by atoms with Gasteiger partial charge in [0.1, 0.15) is 11.5 Å². The van der Waals surface area contributed by atoms with Crippen LogP contribution < -0.4 is 15.6 Å². The molecular weight excluding hydrogens is 438 g/mol. The van der Waals surface area contributed by atoms with Gasteiger partial charge in [-0.1, -0.05) is 18.2 Å². The molecule has 0 unspecified atom stereocenters. The Balaban J connectivity index is 1.01. The van der Waals surface area contributed by atoms with Crippen LogP contribution in [0.5, 0.6) is 11.5 Å². The smallest absolute Gasteiger partial charge is 0.248 e. The molecule has 6 rings (SSSR count). The number of H-pyrrole nitrogens is 1. The zero-order chi connectivity index (χ0) is 24.1. The second-order valence-corrected chi connectivity index (χ2v) is 10.4. The van der Waals surface area contributed by atoms with E-state index in [1.165, 1.54) is 61.6 Å². The lowest BCUT2D eigenvalue weighted by Gasteiger charge is -2.49. The maximum Gasteiger partial charge on any atom is 0.248 e. The van der Waals surface area contributed by atoms with Crippen LogP contribution in [0.15, 0.2) is 53.3 Å². The number of fused-ring (bicyclic) bond motifs is 4. The second kappa shape index (κ2) is 10.8. The molecule has 3 N–H and O–H groups in total. The monoisotopic (exact) mass is 476 g/mol. The summed E-state index contributed by atoms with van der Waals surface area (Å²) in [6.45, 7) is 7.98. The van der Waals surface area contributed by atoms with Crippen molar-refractivity contribution in [2.45, 2.75) is 38.5 Å². The Morgan fingerprint density at radius 1 is 0.943 bits per heavy atom. The second-order valence-electron chi connectivity index (χ2n) is 10.4. The third kappa shape index (κ3) is 5.88. The quantitative estimate of drug-likeness (QED) is 0.289. The van der Waals surface area contributed by atoms with Gasteiger partial charge in [0.15, 0.2) is 0 Å². The number of hydrogen-bond acceptors (Lipinski definition) is 4. The van der Waals surface area contributed by atoms with Gasteiger partial charge in [-0.2, -0.15) is 0 Å². The molecule has 2 aromatic carbocycles. The van der Waals surface area contributed by atoms with E-state index in [9.17, 15) is 9.90 Å². The predicted octanol–water partition coefficient (Wildman–Crippen LogP) is 4.01. The number of aromatic amines is 1. The van der Waals surface area contributed by atoms with E-state index in [0.717, 1.165) is 61.6 Å². The molecule has 3 fully saturated rings. The molecule has 3 aromatic rings. The Kier molecular flexibility index (Phi) is 7.40. The minimum atomic E-state index is -0.204. The van der Waals surface area contributed by atoms with Crippen molar-refractivity contribution in [1.82, 2.24) is 10.3 Å². The van der Waals surface area contributed by atoms with E-state index in [2.05, 4.69) is 34.6 Å². The molecule has 6 heteroatoms. The van der Waals surface area contributed by atoms with E-state index in [-0.39, 0.29) is 11.3 Å². The number of aromatic nitrogens is 1. The minimum absolute atomic E-state index is 0.108. The SMILES string of the molecule is O=c1ccc2c(CCNCCc3ccc(OCCC[N+]45CCC(CC4)CC5)cc3)ccc(O)c2[nH]1. The van der Waals surface area contributed by atoms with Crippen molar-refractivity contribution in [3.05, 3.63) is 70.0 Å². The molecule has 0 saturated carbocycles. The van der Waals surface area contributed by atoms with Gasteiger partial charge in [0.25, 0.3) is 0 Å². The number of rotatable bonds is 11. The average molecular weight is 477 g/mol. The molecule has 3 aliphatic heterocycles. The van der Waals surface area contributed by atoms with E-state index < -0.39 is 0 Å². The van der Waals surface area contributed by atoms with Crippen molar-refractivity contribution >= 4 is 10.9 Å². The van der Waals surface area contributed by atoms with Crippen molar-refractivity contribution in [3.8, 4) is 11.5 Å². The molecule has 35 heavy (non-hydrogen) atoms. The van der Waals surface area contributed by atoms with E-state index in [4.69, 9.17) is 4.74 Å². The Labute approximate surface area is 207 Å². The normalized spacial score (nSPS) is 21.4. The lowest BCUT2D eigenvalue weighted by Crippen LogP contribution is -2.58. The standard InChI is InChI=1S/C29H37N3O3/c33-27-8-4-24(26-7-9-28(34)31-29(26)27)11-16-30-15-10-22-2-5-25(6-3-22)35-21-1-17-32-18-12-23(13-19-32)14-20-32/h2-9,23,30H,1,10-21H2,(H-,31,33,34)/p+1. The lowest BCUT2D eigenvalue weighted by atomic mass is 9.85. The highest BCUT2D eigenvalue weighted by Gasteiger charge is 2.38. The summed E-state index contributed by atoms with van der Waals surface area (Å²) in [5.74, 6) is 2.10. The zero-order valence-corrected chi connectivity index (χ0v) is 20.6. The van der Waals surface area contributed by atoms with Gasteiger partial charge in [-0.15, -0.1) is 0 Å². The van der Waals surface area contributed by atoms with Gasteiger partial charge >= 0.3 is 0 Å². The predicted molar refractivity (Wildman–Crippen MR) is 140 cm³/mol. The van der Waals surface area contributed by atoms with Crippen molar-refractivity contribution in [1.29, 1.82) is 0 Å². The molecule has 3 aliphatic rings. The molecule has 0 atom stereocenters. The summed E-state index contributed by atoms with van der Waals surface area (Å²) in [5, 5.41) is 14.4. The molecule has 3 saturated heterocycles. The molecule has 2 bridgehead atoms.